The maximum Gasteiger partial charge on any atom is 0.330 e. The van der Waals surface area contributed by atoms with Crippen molar-refractivity contribution >= 4 is 9.84 Å². The van der Waals surface area contributed by atoms with E-state index in [1.54, 1.807) is 12.1 Å². The predicted molar refractivity (Wildman–Crippen MR) is 80.8 cm³/mol. The van der Waals surface area contributed by atoms with Gasteiger partial charge in [0.2, 0.25) is 0 Å². The van der Waals surface area contributed by atoms with Crippen LogP contribution >= 0.6 is 0 Å². The molecule has 0 spiro atoms. The van der Waals surface area contributed by atoms with Crippen LogP contribution in [0.1, 0.15) is 5.69 Å². The van der Waals surface area contributed by atoms with Gasteiger partial charge in [-0.05, 0) is 18.2 Å². The van der Waals surface area contributed by atoms with E-state index in [0.717, 1.165) is 10.8 Å². The van der Waals surface area contributed by atoms with Crippen LogP contribution in [0.3, 0.4) is 0 Å². The molecule has 7 nitrogen and oxygen atoms in total. The highest BCUT2D eigenvalue weighted by molar-refractivity contribution is 7.90. The molecule has 0 radical (unpaired) electrons. The maximum absolute atomic E-state index is 11.8. The molecule has 0 aliphatic heterocycles. The number of hydrogen-bond donors (Lipinski definition) is 0. The summed E-state index contributed by atoms with van der Waals surface area (Å²) in [5.41, 5.74) is -0.472. The first-order chi connectivity index (χ1) is 10.2. The second-order valence-corrected chi connectivity index (χ2v) is 6.93. The molecule has 0 amide bonds. The summed E-state index contributed by atoms with van der Waals surface area (Å²) in [5.74, 6) is 0.344. The molecule has 0 bridgehead atoms. The molecule has 0 saturated heterocycles. The van der Waals surface area contributed by atoms with Crippen molar-refractivity contribution in [3.05, 3.63) is 56.9 Å². The molecular formula is C14H16N2O5S. The van der Waals surface area contributed by atoms with E-state index in [0.29, 0.717) is 11.4 Å². The van der Waals surface area contributed by atoms with E-state index in [1.165, 1.54) is 36.9 Å². The Labute approximate surface area is 127 Å². The van der Waals surface area contributed by atoms with Crippen LogP contribution in [0, 0.1) is 0 Å². The molecule has 0 atom stereocenters. The Morgan fingerprint density at radius 1 is 1.09 bits per heavy atom. The summed E-state index contributed by atoms with van der Waals surface area (Å²) in [7, 11) is -0.395. The number of sulfone groups is 1. The van der Waals surface area contributed by atoms with Gasteiger partial charge in [0.25, 0.3) is 5.56 Å². The zero-order chi connectivity index (χ0) is 16.5. The Kier molecular flexibility index (Phi) is 4.23. The van der Waals surface area contributed by atoms with Crippen LogP contribution in [0.5, 0.6) is 5.75 Å². The van der Waals surface area contributed by atoms with Gasteiger partial charge in [-0.2, -0.15) is 0 Å². The number of hydrogen-bond acceptors (Lipinski definition) is 5. The van der Waals surface area contributed by atoms with Crippen molar-refractivity contribution in [2.45, 2.75) is 11.5 Å². The lowest BCUT2D eigenvalue weighted by atomic mass is 10.3. The van der Waals surface area contributed by atoms with Crippen LogP contribution in [0.25, 0.3) is 0 Å². The third-order valence-corrected chi connectivity index (χ3v) is 4.36. The summed E-state index contributed by atoms with van der Waals surface area (Å²) in [6.07, 6.45) is 1.11. The molecule has 1 heterocycles. The van der Waals surface area contributed by atoms with Crippen molar-refractivity contribution in [1.29, 1.82) is 0 Å². The minimum atomic E-state index is -3.32. The SMILES string of the molecule is Cn1c(COc2cccc(S(C)(=O)=O)c2)cc(=O)n(C)c1=O. The summed E-state index contributed by atoms with van der Waals surface area (Å²) in [5, 5.41) is 0. The molecule has 22 heavy (non-hydrogen) atoms. The Morgan fingerprint density at radius 2 is 1.77 bits per heavy atom. The molecule has 0 aliphatic carbocycles. The third kappa shape index (κ3) is 3.28. The fourth-order valence-corrected chi connectivity index (χ4v) is 2.52. The van der Waals surface area contributed by atoms with E-state index in [2.05, 4.69) is 0 Å². The zero-order valence-electron chi connectivity index (χ0n) is 12.4. The molecule has 8 heteroatoms. The Balaban J connectivity index is 2.29. The number of aromatic nitrogens is 2. The van der Waals surface area contributed by atoms with E-state index in [-0.39, 0.29) is 11.5 Å². The summed E-state index contributed by atoms with van der Waals surface area (Å²) in [4.78, 5) is 23.6. The Bertz CT molecular complexity index is 925. The van der Waals surface area contributed by atoms with E-state index in [4.69, 9.17) is 4.74 Å². The van der Waals surface area contributed by atoms with Gasteiger partial charge in [-0.25, -0.2) is 13.2 Å². The number of ether oxygens (including phenoxy) is 1. The Hall–Kier alpha value is -2.35. The van der Waals surface area contributed by atoms with Crippen molar-refractivity contribution in [2.24, 2.45) is 14.1 Å². The van der Waals surface area contributed by atoms with Gasteiger partial charge >= 0.3 is 5.69 Å². The van der Waals surface area contributed by atoms with Crippen LogP contribution < -0.4 is 16.0 Å². The number of benzene rings is 1. The van der Waals surface area contributed by atoms with Crippen LogP contribution in [0.4, 0.5) is 0 Å². The van der Waals surface area contributed by atoms with Crippen LogP contribution in [-0.4, -0.2) is 23.8 Å². The van der Waals surface area contributed by atoms with E-state index >= 15 is 0 Å². The van der Waals surface area contributed by atoms with Crippen LogP contribution in [0.2, 0.25) is 0 Å². The van der Waals surface area contributed by atoms with Gasteiger partial charge in [0, 0.05) is 26.4 Å². The highest BCUT2D eigenvalue weighted by Gasteiger charge is 2.09. The monoisotopic (exact) mass is 324 g/mol. The third-order valence-electron chi connectivity index (χ3n) is 3.25. The minimum Gasteiger partial charge on any atom is -0.487 e. The summed E-state index contributed by atoms with van der Waals surface area (Å²) < 4.78 is 30.8. The fourth-order valence-electron chi connectivity index (χ4n) is 1.87. The zero-order valence-corrected chi connectivity index (χ0v) is 13.3. The van der Waals surface area contributed by atoms with Gasteiger partial charge in [0.15, 0.2) is 9.84 Å². The first-order valence-electron chi connectivity index (χ1n) is 6.39. The molecule has 0 aliphatic rings. The maximum atomic E-state index is 11.8. The predicted octanol–water partition coefficient (Wildman–Crippen LogP) is 0.0665. The van der Waals surface area contributed by atoms with E-state index in [9.17, 15) is 18.0 Å². The van der Waals surface area contributed by atoms with Crippen molar-refractivity contribution in [1.82, 2.24) is 9.13 Å². The summed E-state index contributed by atoms with van der Waals surface area (Å²) >= 11 is 0. The number of nitrogens with zero attached hydrogens (tertiary/aromatic N) is 2. The van der Waals surface area contributed by atoms with Gasteiger partial charge in [-0.1, -0.05) is 6.07 Å². The number of rotatable bonds is 4. The highest BCUT2D eigenvalue weighted by Crippen LogP contribution is 2.18. The Morgan fingerprint density at radius 3 is 2.41 bits per heavy atom. The summed E-state index contributed by atoms with van der Waals surface area (Å²) in [6, 6.07) is 7.34. The van der Waals surface area contributed by atoms with Crippen molar-refractivity contribution in [3.63, 3.8) is 0 Å². The van der Waals surface area contributed by atoms with Gasteiger partial charge in [0.1, 0.15) is 12.4 Å². The fraction of sp³-hybridized carbons (Fsp3) is 0.286. The topological polar surface area (TPSA) is 87.4 Å². The summed E-state index contributed by atoms with van der Waals surface area (Å²) in [6.45, 7) is -0.0188. The molecule has 2 rings (SSSR count). The molecule has 118 valence electrons. The van der Waals surface area contributed by atoms with Gasteiger partial charge in [0.05, 0.1) is 10.6 Å². The smallest absolute Gasteiger partial charge is 0.330 e. The first-order valence-corrected chi connectivity index (χ1v) is 8.28. The molecule has 0 fully saturated rings. The van der Waals surface area contributed by atoms with Gasteiger partial charge in [-0.3, -0.25) is 13.9 Å². The highest BCUT2D eigenvalue weighted by atomic mass is 32.2. The molecular weight excluding hydrogens is 308 g/mol. The quantitative estimate of drug-likeness (QED) is 0.794. The normalized spacial score (nSPS) is 11.4. The lowest BCUT2D eigenvalue weighted by Gasteiger charge is -2.11. The van der Waals surface area contributed by atoms with Gasteiger partial charge in [-0.15, -0.1) is 0 Å². The molecule has 0 unspecified atom stereocenters. The molecule has 0 N–H and O–H groups in total. The first kappa shape index (κ1) is 16.0. The second-order valence-electron chi connectivity index (χ2n) is 4.91. The molecule has 2 aromatic rings. The van der Waals surface area contributed by atoms with E-state index < -0.39 is 21.1 Å². The molecule has 0 saturated carbocycles. The average Bonchev–Trinajstić information content (AvgIpc) is 2.47. The lowest BCUT2D eigenvalue weighted by molar-refractivity contribution is 0.293. The van der Waals surface area contributed by atoms with Crippen molar-refractivity contribution in [2.75, 3.05) is 6.26 Å². The second kappa shape index (κ2) is 5.80. The van der Waals surface area contributed by atoms with Gasteiger partial charge < -0.3 is 4.74 Å². The average molecular weight is 324 g/mol. The standard InChI is InChI=1S/C14H16N2O5S/c1-15-10(7-13(17)16(2)14(15)18)9-21-11-5-4-6-12(8-11)22(3,19)20/h4-8H,9H2,1-3H3. The van der Waals surface area contributed by atoms with Crippen molar-refractivity contribution in [3.8, 4) is 5.75 Å². The van der Waals surface area contributed by atoms with Crippen LogP contribution in [-0.2, 0) is 30.5 Å². The largest absolute Gasteiger partial charge is 0.487 e. The lowest BCUT2D eigenvalue weighted by Crippen LogP contribution is -2.38. The molecule has 1 aromatic carbocycles. The molecule has 1 aromatic heterocycles. The minimum absolute atomic E-state index is 0.0188. The van der Waals surface area contributed by atoms with E-state index in [1.807, 2.05) is 0 Å². The van der Waals surface area contributed by atoms with Crippen LogP contribution in [0.15, 0.2) is 44.8 Å². The van der Waals surface area contributed by atoms with Crippen molar-refractivity contribution < 1.29 is 13.2 Å².